The first-order valence-electron chi connectivity index (χ1n) is 9.26. The second-order valence-electron chi connectivity index (χ2n) is 9.08. The quantitative estimate of drug-likeness (QED) is 0.801. The highest BCUT2D eigenvalue weighted by atomic mass is 16.3. The largest absolute Gasteiger partial charge is 0.469 e. The normalized spacial score (nSPS) is 50.8. The minimum atomic E-state index is -1.05. The summed E-state index contributed by atoms with van der Waals surface area (Å²) < 4.78 is 5.71. The van der Waals surface area contributed by atoms with Gasteiger partial charge < -0.3 is 14.3 Å². The minimum Gasteiger partial charge on any atom is -0.469 e. The van der Waals surface area contributed by atoms with Crippen molar-refractivity contribution in [3.63, 3.8) is 0 Å². The van der Waals surface area contributed by atoms with Crippen molar-refractivity contribution in [1.82, 2.24) is 0 Å². The van der Waals surface area contributed by atoms with Gasteiger partial charge in [0, 0.05) is 6.42 Å². The summed E-state index contributed by atoms with van der Waals surface area (Å²) in [6.07, 6.45) is 11.3. The molecule has 1 N–H and O–H groups in total. The maximum Gasteiger partial charge on any atom is 0.151 e. The second-order valence-corrected chi connectivity index (χ2v) is 9.08. The standard InChI is InChI=1S/C20H26O3/c1-18-7-5-16-14(6-9-23-16)15(18)4-8-19-10-13(2-3-17(18)19)20(22,11-19)12-21/h6,9,12-13,15,17,22H,2-5,7-8,10-11H2,1H3/t13-,15-,17+,18-,19+,20+/m1/s1. The lowest BCUT2D eigenvalue weighted by atomic mass is 9.45. The molecule has 1 heterocycles. The zero-order valence-corrected chi connectivity index (χ0v) is 13.9. The van der Waals surface area contributed by atoms with Crippen LogP contribution < -0.4 is 0 Å². The van der Waals surface area contributed by atoms with Gasteiger partial charge in [0.25, 0.3) is 0 Å². The predicted molar refractivity (Wildman–Crippen MR) is 86.0 cm³/mol. The molecule has 4 aliphatic carbocycles. The summed E-state index contributed by atoms with van der Waals surface area (Å²) in [4.78, 5) is 11.6. The zero-order chi connectivity index (χ0) is 15.9. The highest BCUT2D eigenvalue weighted by Crippen LogP contribution is 2.71. The van der Waals surface area contributed by atoms with Crippen molar-refractivity contribution in [2.75, 3.05) is 0 Å². The number of carbonyl (C=O) groups is 1. The van der Waals surface area contributed by atoms with Crippen molar-refractivity contribution in [3.05, 3.63) is 23.7 Å². The van der Waals surface area contributed by atoms with Gasteiger partial charge in [0.05, 0.1) is 6.26 Å². The first-order valence-corrected chi connectivity index (χ1v) is 9.26. The molecule has 0 radical (unpaired) electrons. The van der Waals surface area contributed by atoms with E-state index >= 15 is 0 Å². The molecule has 6 atom stereocenters. The van der Waals surface area contributed by atoms with E-state index in [0.717, 1.165) is 32.0 Å². The van der Waals surface area contributed by atoms with Crippen LogP contribution in [0.4, 0.5) is 0 Å². The monoisotopic (exact) mass is 314 g/mol. The molecule has 1 aromatic heterocycles. The van der Waals surface area contributed by atoms with Crippen molar-refractivity contribution < 1.29 is 14.3 Å². The third-order valence-corrected chi connectivity index (χ3v) is 8.31. The Hall–Kier alpha value is -1.09. The van der Waals surface area contributed by atoms with Crippen LogP contribution in [0, 0.1) is 22.7 Å². The molecular weight excluding hydrogens is 288 g/mol. The van der Waals surface area contributed by atoms with Gasteiger partial charge in [0.2, 0.25) is 0 Å². The Labute approximate surface area is 137 Å². The molecule has 0 amide bonds. The molecular formula is C20H26O3. The third-order valence-electron chi connectivity index (χ3n) is 8.31. The summed E-state index contributed by atoms with van der Waals surface area (Å²) in [6, 6.07) is 2.19. The Kier molecular flexibility index (Phi) is 2.67. The summed E-state index contributed by atoms with van der Waals surface area (Å²) in [5.74, 6) is 2.64. The van der Waals surface area contributed by atoms with Crippen LogP contribution in [0.2, 0.25) is 0 Å². The maximum absolute atomic E-state index is 11.6. The van der Waals surface area contributed by atoms with E-state index in [2.05, 4.69) is 13.0 Å². The Morgan fingerprint density at radius 1 is 1.30 bits per heavy atom. The molecule has 3 fully saturated rings. The van der Waals surface area contributed by atoms with Crippen LogP contribution in [0.25, 0.3) is 0 Å². The Morgan fingerprint density at radius 2 is 2.17 bits per heavy atom. The Morgan fingerprint density at radius 3 is 3.00 bits per heavy atom. The first kappa shape index (κ1) is 14.3. The summed E-state index contributed by atoms with van der Waals surface area (Å²) in [7, 11) is 0. The Bertz CT molecular complexity index is 664. The van der Waals surface area contributed by atoms with Gasteiger partial charge >= 0.3 is 0 Å². The highest BCUT2D eigenvalue weighted by molar-refractivity contribution is 5.64. The lowest BCUT2D eigenvalue weighted by Gasteiger charge is -2.59. The van der Waals surface area contributed by atoms with E-state index in [-0.39, 0.29) is 11.3 Å². The number of hydrogen-bond acceptors (Lipinski definition) is 3. The number of furan rings is 1. The average molecular weight is 314 g/mol. The summed E-state index contributed by atoms with van der Waals surface area (Å²) in [5.41, 5.74) is 0.895. The molecule has 0 aromatic carbocycles. The van der Waals surface area contributed by atoms with Crippen molar-refractivity contribution in [3.8, 4) is 0 Å². The second kappa shape index (κ2) is 4.30. The molecule has 4 aliphatic rings. The molecule has 2 bridgehead atoms. The van der Waals surface area contributed by atoms with E-state index in [0.29, 0.717) is 23.7 Å². The minimum absolute atomic E-state index is 0.199. The number of hydrogen-bond donors (Lipinski definition) is 1. The number of rotatable bonds is 1. The molecule has 1 spiro atoms. The van der Waals surface area contributed by atoms with E-state index in [1.54, 1.807) is 0 Å². The van der Waals surface area contributed by atoms with Crippen LogP contribution in [0.15, 0.2) is 16.7 Å². The summed E-state index contributed by atoms with van der Waals surface area (Å²) >= 11 is 0. The molecule has 3 heteroatoms. The molecule has 0 aliphatic heterocycles. The van der Waals surface area contributed by atoms with Gasteiger partial charge in [-0.25, -0.2) is 0 Å². The average Bonchev–Trinajstić information content (AvgIpc) is 3.09. The van der Waals surface area contributed by atoms with Crippen LogP contribution in [0.5, 0.6) is 0 Å². The molecule has 1 aromatic rings. The SMILES string of the molecule is C[C@@]12CCc3occc3[C@H]1CC[C@@]13C[C@@H](CC[C@H]12)[C@@](O)(C=O)C3. The van der Waals surface area contributed by atoms with Crippen LogP contribution in [0.3, 0.4) is 0 Å². The smallest absolute Gasteiger partial charge is 0.151 e. The highest BCUT2D eigenvalue weighted by Gasteiger charge is 2.66. The molecule has 5 rings (SSSR count). The first-order chi connectivity index (χ1) is 11.0. The number of aldehydes is 1. The summed E-state index contributed by atoms with van der Waals surface area (Å²) in [6.45, 7) is 2.48. The lowest BCUT2D eigenvalue weighted by Crippen LogP contribution is -2.51. The van der Waals surface area contributed by atoms with E-state index in [4.69, 9.17) is 4.42 Å². The van der Waals surface area contributed by atoms with Gasteiger partial charge in [-0.05, 0) is 85.2 Å². The number of aryl methyl sites for hydroxylation is 1. The van der Waals surface area contributed by atoms with Gasteiger partial charge in [0.15, 0.2) is 6.29 Å². The molecule has 0 unspecified atom stereocenters. The van der Waals surface area contributed by atoms with Crippen molar-refractivity contribution >= 4 is 6.29 Å². The fourth-order valence-corrected chi connectivity index (χ4v) is 7.38. The zero-order valence-electron chi connectivity index (χ0n) is 13.9. The van der Waals surface area contributed by atoms with Crippen LogP contribution in [-0.4, -0.2) is 17.0 Å². The molecule has 3 saturated carbocycles. The molecule has 3 nitrogen and oxygen atoms in total. The van der Waals surface area contributed by atoms with Crippen LogP contribution >= 0.6 is 0 Å². The van der Waals surface area contributed by atoms with Gasteiger partial charge in [0.1, 0.15) is 11.4 Å². The van der Waals surface area contributed by atoms with Crippen molar-refractivity contribution in [2.24, 2.45) is 22.7 Å². The number of carbonyl (C=O) groups excluding carboxylic acids is 1. The predicted octanol–water partition coefficient (Wildman–Crippen LogP) is 3.85. The van der Waals surface area contributed by atoms with Gasteiger partial charge in [-0.15, -0.1) is 0 Å². The van der Waals surface area contributed by atoms with Crippen LogP contribution in [0.1, 0.15) is 69.1 Å². The van der Waals surface area contributed by atoms with E-state index in [1.165, 1.54) is 30.6 Å². The van der Waals surface area contributed by atoms with Crippen molar-refractivity contribution in [2.45, 2.75) is 69.8 Å². The summed E-state index contributed by atoms with van der Waals surface area (Å²) in [5, 5.41) is 10.8. The fourth-order valence-electron chi connectivity index (χ4n) is 7.38. The van der Waals surface area contributed by atoms with E-state index < -0.39 is 5.60 Å². The molecule has 23 heavy (non-hydrogen) atoms. The molecule has 0 saturated heterocycles. The fraction of sp³-hybridized carbons (Fsp3) is 0.750. The topological polar surface area (TPSA) is 50.4 Å². The van der Waals surface area contributed by atoms with E-state index in [9.17, 15) is 9.90 Å². The number of aliphatic hydroxyl groups is 1. The van der Waals surface area contributed by atoms with E-state index in [1.807, 2.05) is 6.26 Å². The van der Waals surface area contributed by atoms with Crippen LogP contribution in [-0.2, 0) is 11.2 Å². The number of fused-ring (bicyclic) bond motifs is 5. The van der Waals surface area contributed by atoms with Crippen molar-refractivity contribution in [1.29, 1.82) is 0 Å². The Balaban J connectivity index is 1.57. The maximum atomic E-state index is 11.6. The molecule has 124 valence electrons. The third kappa shape index (κ3) is 1.62. The van der Waals surface area contributed by atoms with Gasteiger partial charge in [-0.2, -0.15) is 0 Å². The lowest BCUT2D eigenvalue weighted by molar-refractivity contribution is -0.128. The van der Waals surface area contributed by atoms with Gasteiger partial charge in [-0.1, -0.05) is 6.92 Å². The van der Waals surface area contributed by atoms with Gasteiger partial charge in [-0.3, -0.25) is 0 Å².